The van der Waals surface area contributed by atoms with Gasteiger partial charge in [0.15, 0.2) is 0 Å². The van der Waals surface area contributed by atoms with Crippen molar-refractivity contribution in [3.8, 4) is 0 Å². The number of unbranched alkanes of at least 4 members (excludes halogenated alkanes) is 4. The lowest BCUT2D eigenvalue weighted by Gasteiger charge is -2.32. The zero-order valence-corrected chi connectivity index (χ0v) is 13.1. The molecule has 0 aliphatic carbocycles. The Kier molecular flexibility index (Phi) is 9.19. The van der Waals surface area contributed by atoms with Gasteiger partial charge in [0.05, 0.1) is 6.61 Å². The van der Waals surface area contributed by atoms with Crippen molar-refractivity contribution >= 4 is 0 Å². The maximum Gasteiger partial charge on any atom is 0.0618 e. The zero-order valence-electron chi connectivity index (χ0n) is 13.1. The van der Waals surface area contributed by atoms with E-state index in [0.717, 1.165) is 13.0 Å². The average Bonchev–Trinajstić information content (AvgIpc) is 2.86. The van der Waals surface area contributed by atoms with Crippen LogP contribution in [0.4, 0.5) is 0 Å². The van der Waals surface area contributed by atoms with Crippen LogP contribution in [0, 0.1) is 0 Å². The Bertz CT molecular complexity index is 229. The van der Waals surface area contributed by atoms with Crippen molar-refractivity contribution in [2.75, 3.05) is 20.3 Å². The summed E-state index contributed by atoms with van der Waals surface area (Å²) < 4.78 is 5.37. The molecule has 1 aliphatic rings. The molecule has 2 atom stereocenters. The summed E-state index contributed by atoms with van der Waals surface area (Å²) >= 11 is 0. The van der Waals surface area contributed by atoms with Gasteiger partial charge >= 0.3 is 0 Å². The molecule has 2 nitrogen and oxygen atoms in total. The number of rotatable bonds is 11. The van der Waals surface area contributed by atoms with E-state index in [9.17, 15) is 0 Å². The van der Waals surface area contributed by atoms with Gasteiger partial charge in [-0.1, -0.05) is 45.1 Å². The molecule has 0 aromatic rings. The van der Waals surface area contributed by atoms with Crippen molar-refractivity contribution in [2.24, 2.45) is 0 Å². The lowest BCUT2D eigenvalue weighted by molar-refractivity contribution is 0.0853. The fraction of sp³-hybridized carbons (Fsp3) is 0.882. The molecule has 0 spiro atoms. The molecule has 1 aliphatic heterocycles. The molecule has 0 amide bonds. The van der Waals surface area contributed by atoms with Crippen LogP contribution in [-0.4, -0.2) is 37.2 Å². The molecule has 1 heterocycles. The number of methoxy groups -OCH3 is 1. The van der Waals surface area contributed by atoms with Crippen LogP contribution in [0.5, 0.6) is 0 Å². The number of nitrogens with zero attached hydrogens (tertiary/aromatic N) is 1. The smallest absolute Gasteiger partial charge is 0.0618 e. The number of hydrogen-bond donors (Lipinski definition) is 0. The minimum Gasteiger partial charge on any atom is -0.383 e. The third-order valence-corrected chi connectivity index (χ3v) is 4.33. The molecule has 2 heteroatoms. The van der Waals surface area contributed by atoms with Crippen LogP contribution in [0.25, 0.3) is 0 Å². The highest BCUT2D eigenvalue weighted by atomic mass is 16.5. The van der Waals surface area contributed by atoms with E-state index in [1.807, 2.05) is 7.11 Å². The van der Waals surface area contributed by atoms with Crippen molar-refractivity contribution in [3.05, 3.63) is 12.7 Å². The Hall–Kier alpha value is -0.340. The number of likely N-dealkylation sites (tertiary alicyclic amines) is 1. The molecule has 0 bridgehead atoms. The zero-order chi connectivity index (χ0) is 13.9. The van der Waals surface area contributed by atoms with Crippen LogP contribution in [0.3, 0.4) is 0 Å². The van der Waals surface area contributed by atoms with Gasteiger partial charge in [0.2, 0.25) is 0 Å². The van der Waals surface area contributed by atoms with Crippen LogP contribution in [0.15, 0.2) is 12.7 Å². The first-order chi connectivity index (χ1) is 9.33. The summed E-state index contributed by atoms with van der Waals surface area (Å²) in [7, 11) is 1.82. The van der Waals surface area contributed by atoms with E-state index >= 15 is 0 Å². The molecule has 1 unspecified atom stereocenters. The highest BCUT2D eigenvalue weighted by Crippen LogP contribution is 2.25. The summed E-state index contributed by atoms with van der Waals surface area (Å²) in [5.41, 5.74) is 0. The molecular weight excluding hydrogens is 234 g/mol. The maximum atomic E-state index is 5.37. The lowest BCUT2D eigenvalue weighted by Crippen LogP contribution is -2.41. The summed E-state index contributed by atoms with van der Waals surface area (Å²) in [6.07, 6.45) is 14.1. The van der Waals surface area contributed by atoms with E-state index < -0.39 is 0 Å². The molecule has 0 N–H and O–H groups in total. The van der Waals surface area contributed by atoms with E-state index in [2.05, 4.69) is 24.5 Å². The van der Waals surface area contributed by atoms with E-state index in [-0.39, 0.29) is 0 Å². The first-order valence-corrected chi connectivity index (χ1v) is 8.19. The second kappa shape index (κ2) is 10.4. The van der Waals surface area contributed by atoms with Gasteiger partial charge in [0.25, 0.3) is 0 Å². The first kappa shape index (κ1) is 16.7. The van der Waals surface area contributed by atoms with Crippen molar-refractivity contribution in [1.82, 2.24) is 4.90 Å². The normalized spacial score (nSPS) is 21.7. The molecule has 1 fully saturated rings. The molecule has 0 radical (unpaired) electrons. The Labute approximate surface area is 120 Å². The van der Waals surface area contributed by atoms with Gasteiger partial charge in [-0.15, -0.1) is 6.58 Å². The molecule has 1 rings (SSSR count). The Morgan fingerprint density at radius 2 is 2.11 bits per heavy atom. The predicted octanol–water partition coefficient (Wildman–Crippen LogP) is 4.40. The highest BCUT2D eigenvalue weighted by Gasteiger charge is 2.29. The van der Waals surface area contributed by atoms with Crippen molar-refractivity contribution < 1.29 is 4.74 Å². The molecule has 1 saturated heterocycles. The standard InChI is InChI=1S/C17H33NO/c1-4-6-7-8-9-12-16(11-5-2)18-14-10-13-17(18)15-19-3/h5,16-17H,2,4,6-15H2,1,3H3/t16?,17-/m0/s1. The fourth-order valence-electron chi connectivity index (χ4n) is 3.31. The fourth-order valence-corrected chi connectivity index (χ4v) is 3.31. The first-order valence-electron chi connectivity index (χ1n) is 8.19. The van der Waals surface area contributed by atoms with Crippen LogP contribution in [-0.2, 0) is 4.74 Å². The van der Waals surface area contributed by atoms with E-state index in [0.29, 0.717) is 12.1 Å². The SMILES string of the molecule is C=CCC(CCCCCCC)N1CCC[C@H]1COC. The van der Waals surface area contributed by atoms with E-state index in [1.165, 1.54) is 57.9 Å². The topological polar surface area (TPSA) is 12.5 Å². The van der Waals surface area contributed by atoms with Gasteiger partial charge in [-0.05, 0) is 32.2 Å². The van der Waals surface area contributed by atoms with E-state index in [4.69, 9.17) is 4.74 Å². The third kappa shape index (κ3) is 6.09. The van der Waals surface area contributed by atoms with Crippen LogP contribution in [0.2, 0.25) is 0 Å². The summed E-state index contributed by atoms with van der Waals surface area (Å²) in [6, 6.07) is 1.34. The Morgan fingerprint density at radius 1 is 1.32 bits per heavy atom. The van der Waals surface area contributed by atoms with Crippen LogP contribution >= 0.6 is 0 Å². The van der Waals surface area contributed by atoms with Gasteiger partial charge in [-0.25, -0.2) is 0 Å². The summed E-state index contributed by atoms with van der Waals surface area (Å²) in [5.74, 6) is 0. The van der Waals surface area contributed by atoms with Gasteiger partial charge < -0.3 is 4.74 Å². The predicted molar refractivity (Wildman–Crippen MR) is 83.6 cm³/mol. The van der Waals surface area contributed by atoms with Crippen LogP contribution in [0.1, 0.15) is 64.7 Å². The molecular formula is C17H33NO. The van der Waals surface area contributed by atoms with Crippen LogP contribution < -0.4 is 0 Å². The monoisotopic (exact) mass is 267 g/mol. The quantitative estimate of drug-likeness (QED) is 0.406. The third-order valence-electron chi connectivity index (χ3n) is 4.33. The molecule has 0 aromatic heterocycles. The summed E-state index contributed by atoms with van der Waals surface area (Å²) in [5, 5.41) is 0. The van der Waals surface area contributed by atoms with Crippen molar-refractivity contribution in [1.29, 1.82) is 0 Å². The van der Waals surface area contributed by atoms with Gasteiger partial charge in [0, 0.05) is 19.2 Å². The highest BCUT2D eigenvalue weighted by molar-refractivity contribution is 4.88. The second-order valence-corrected chi connectivity index (χ2v) is 5.87. The minimum absolute atomic E-state index is 0.644. The Balaban J connectivity index is 2.35. The van der Waals surface area contributed by atoms with Gasteiger partial charge in [0.1, 0.15) is 0 Å². The molecule has 19 heavy (non-hydrogen) atoms. The van der Waals surface area contributed by atoms with Gasteiger partial charge in [-0.3, -0.25) is 4.90 Å². The average molecular weight is 267 g/mol. The lowest BCUT2D eigenvalue weighted by atomic mass is 10.0. The summed E-state index contributed by atoms with van der Waals surface area (Å²) in [4.78, 5) is 2.69. The number of ether oxygens (including phenoxy) is 1. The Morgan fingerprint density at radius 3 is 2.79 bits per heavy atom. The maximum absolute atomic E-state index is 5.37. The minimum atomic E-state index is 0.644. The van der Waals surface area contributed by atoms with Crippen molar-refractivity contribution in [2.45, 2.75) is 76.8 Å². The molecule has 0 aromatic carbocycles. The largest absolute Gasteiger partial charge is 0.383 e. The van der Waals surface area contributed by atoms with E-state index in [1.54, 1.807) is 0 Å². The molecule has 0 saturated carbocycles. The van der Waals surface area contributed by atoms with Crippen molar-refractivity contribution in [3.63, 3.8) is 0 Å². The second-order valence-electron chi connectivity index (χ2n) is 5.87. The number of hydrogen-bond acceptors (Lipinski definition) is 2. The van der Waals surface area contributed by atoms with Gasteiger partial charge in [-0.2, -0.15) is 0 Å². The molecule has 112 valence electrons. The summed E-state index contributed by atoms with van der Waals surface area (Å²) in [6.45, 7) is 8.36.